The summed E-state index contributed by atoms with van der Waals surface area (Å²) in [5.41, 5.74) is 4.22. The van der Waals surface area contributed by atoms with E-state index in [0.717, 1.165) is 43.4 Å². The van der Waals surface area contributed by atoms with Crippen LogP contribution in [-0.4, -0.2) is 29.7 Å². The van der Waals surface area contributed by atoms with E-state index in [-0.39, 0.29) is 17.6 Å². The number of fused-ring (bicyclic) bond motifs is 1. The van der Waals surface area contributed by atoms with Crippen LogP contribution < -0.4 is 0 Å². The third kappa shape index (κ3) is 3.23. The normalized spacial score (nSPS) is 19.5. The minimum Gasteiger partial charge on any atom is -0.338 e. The molecule has 1 amide bonds. The van der Waals surface area contributed by atoms with E-state index in [9.17, 15) is 9.59 Å². The highest BCUT2D eigenvalue weighted by molar-refractivity contribution is 5.99. The van der Waals surface area contributed by atoms with Crippen molar-refractivity contribution in [2.75, 3.05) is 13.1 Å². The van der Waals surface area contributed by atoms with Gasteiger partial charge in [0.15, 0.2) is 5.78 Å². The van der Waals surface area contributed by atoms with E-state index in [0.29, 0.717) is 6.54 Å². The van der Waals surface area contributed by atoms with Crippen molar-refractivity contribution in [2.45, 2.75) is 32.1 Å². The lowest BCUT2D eigenvalue weighted by atomic mass is 9.89. The Kier molecular flexibility index (Phi) is 4.39. The van der Waals surface area contributed by atoms with Crippen molar-refractivity contribution < 1.29 is 9.59 Å². The Labute approximate surface area is 148 Å². The minimum absolute atomic E-state index is 0.0697. The number of carbonyl (C=O) groups is 2. The van der Waals surface area contributed by atoms with Gasteiger partial charge in [-0.25, -0.2) is 0 Å². The SMILES string of the molecule is O=C(c1ccccc1)C1CCCN(C(=O)c2ccc3c(c2)CCC3)C1. The first-order chi connectivity index (χ1) is 12.2. The number of nitrogens with zero attached hydrogens (tertiary/aromatic N) is 1. The van der Waals surface area contributed by atoms with Crippen molar-refractivity contribution in [3.8, 4) is 0 Å². The van der Waals surface area contributed by atoms with Crippen LogP contribution in [0.1, 0.15) is 51.1 Å². The second-order valence-electron chi connectivity index (χ2n) is 7.16. The summed E-state index contributed by atoms with van der Waals surface area (Å²) in [5.74, 6) is 0.141. The Morgan fingerprint density at radius 1 is 0.880 bits per heavy atom. The Bertz CT molecular complexity index is 797. The number of likely N-dealkylation sites (tertiary alicyclic amines) is 1. The van der Waals surface area contributed by atoms with Crippen LogP contribution in [0.4, 0.5) is 0 Å². The van der Waals surface area contributed by atoms with Crippen molar-refractivity contribution in [2.24, 2.45) is 5.92 Å². The monoisotopic (exact) mass is 333 g/mol. The Morgan fingerprint density at radius 2 is 1.68 bits per heavy atom. The molecule has 1 fully saturated rings. The quantitative estimate of drug-likeness (QED) is 0.799. The predicted molar refractivity (Wildman–Crippen MR) is 97.9 cm³/mol. The zero-order valence-corrected chi connectivity index (χ0v) is 14.4. The smallest absolute Gasteiger partial charge is 0.253 e. The molecule has 3 nitrogen and oxygen atoms in total. The highest BCUT2D eigenvalue weighted by atomic mass is 16.2. The largest absolute Gasteiger partial charge is 0.338 e. The molecular weight excluding hydrogens is 310 g/mol. The van der Waals surface area contributed by atoms with Gasteiger partial charge in [-0.05, 0) is 55.4 Å². The van der Waals surface area contributed by atoms with Gasteiger partial charge in [0.2, 0.25) is 0 Å². The van der Waals surface area contributed by atoms with Gasteiger partial charge in [-0.1, -0.05) is 36.4 Å². The van der Waals surface area contributed by atoms with Gasteiger partial charge in [-0.3, -0.25) is 9.59 Å². The minimum atomic E-state index is -0.0884. The lowest BCUT2D eigenvalue weighted by Crippen LogP contribution is -2.42. The molecule has 25 heavy (non-hydrogen) atoms. The van der Waals surface area contributed by atoms with E-state index in [4.69, 9.17) is 0 Å². The standard InChI is InChI=1S/C22H23NO2/c24-21(17-6-2-1-3-7-17)20-10-5-13-23(15-20)22(25)19-12-11-16-8-4-9-18(16)14-19/h1-3,6-7,11-12,14,20H,4-5,8-10,13,15H2. The second-order valence-corrected chi connectivity index (χ2v) is 7.16. The van der Waals surface area contributed by atoms with Crippen molar-refractivity contribution >= 4 is 11.7 Å². The molecule has 3 heteroatoms. The number of rotatable bonds is 3. The third-order valence-electron chi connectivity index (χ3n) is 5.48. The molecule has 0 N–H and O–H groups in total. The average Bonchev–Trinajstić information content (AvgIpc) is 3.15. The van der Waals surface area contributed by atoms with Gasteiger partial charge in [-0.2, -0.15) is 0 Å². The summed E-state index contributed by atoms with van der Waals surface area (Å²) in [5, 5.41) is 0. The molecule has 0 aromatic heterocycles. The average molecular weight is 333 g/mol. The molecule has 128 valence electrons. The first-order valence-electron chi connectivity index (χ1n) is 9.23. The maximum absolute atomic E-state index is 12.9. The van der Waals surface area contributed by atoms with Crippen LogP contribution in [-0.2, 0) is 12.8 Å². The van der Waals surface area contributed by atoms with Gasteiger partial charge < -0.3 is 4.90 Å². The van der Waals surface area contributed by atoms with Crippen LogP contribution in [0, 0.1) is 5.92 Å². The Morgan fingerprint density at radius 3 is 2.52 bits per heavy atom. The Hall–Kier alpha value is -2.42. The van der Waals surface area contributed by atoms with Gasteiger partial charge in [0.1, 0.15) is 0 Å². The molecule has 1 aliphatic carbocycles. The summed E-state index contributed by atoms with van der Waals surface area (Å²) >= 11 is 0. The molecule has 2 aliphatic rings. The lowest BCUT2D eigenvalue weighted by molar-refractivity contribution is 0.0637. The van der Waals surface area contributed by atoms with E-state index < -0.39 is 0 Å². The fourth-order valence-electron chi connectivity index (χ4n) is 4.10. The highest BCUT2D eigenvalue weighted by Crippen LogP contribution is 2.26. The van der Waals surface area contributed by atoms with Crippen molar-refractivity contribution in [1.29, 1.82) is 0 Å². The van der Waals surface area contributed by atoms with Gasteiger partial charge in [-0.15, -0.1) is 0 Å². The molecule has 0 spiro atoms. The van der Waals surface area contributed by atoms with Gasteiger partial charge in [0.05, 0.1) is 0 Å². The number of ketones is 1. The van der Waals surface area contributed by atoms with Crippen LogP contribution in [0.15, 0.2) is 48.5 Å². The third-order valence-corrected chi connectivity index (χ3v) is 5.48. The first-order valence-corrected chi connectivity index (χ1v) is 9.23. The topological polar surface area (TPSA) is 37.4 Å². The number of carbonyl (C=O) groups excluding carboxylic acids is 2. The molecule has 1 atom stereocenters. The molecule has 1 saturated heterocycles. The summed E-state index contributed by atoms with van der Waals surface area (Å²) in [4.78, 5) is 27.5. The summed E-state index contributed by atoms with van der Waals surface area (Å²) in [6.45, 7) is 1.28. The Balaban J connectivity index is 1.49. The number of aryl methyl sites for hydroxylation is 2. The first kappa shape index (κ1) is 16.1. The van der Waals surface area contributed by atoms with Crippen molar-refractivity contribution in [3.05, 3.63) is 70.8 Å². The number of amides is 1. The van der Waals surface area contributed by atoms with Crippen molar-refractivity contribution in [3.63, 3.8) is 0 Å². The zero-order chi connectivity index (χ0) is 17.2. The zero-order valence-electron chi connectivity index (χ0n) is 14.4. The van der Waals surface area contributed by atoms with Crippen LogP contribution in [0.5, 0.6) is 0 Å². The van der Waals surface area contributed by atoms with Gasteiger partial charge in [0, 0.05) is 30.1 Å². The maximum Gasteiger partial charge on any atom is 0.253 e. The molecule has 0 saturated carbocycles. The number of hydrogen-bond donors (Lipinski definition) is 0. The fourth-order valence-corrected chi connectivity index (χ4v) is 4.10. The molecule has 2 aromatic rings. The van der Waals surface area contributed by atoms with Crippen molar-refractivity contribution in [1.82, 2.24) is 4.90 Å². The molecule has 1 unspecified atom stereocenters. The number of benzene rings is 2. The lowest BCUT2D eigenvalue weighted by Gasteiger charge is -2.32. The van der Waals surface area contributed by atoms with E-state index >= 15 is 0 Å². The van der Waals surface area contributed by atoms with Crippen LogP contribution >= 0.6 is 0 Å². The van der Waals surface area contributed by atoms with E-state index in [1.807, 2.05) is 41.3 Å². The van der Waals surface area contributed by atoms with Gasteiger partial charge in [0.25, 0.3) is 5.91 Å². The molecule has 0 bridgehead atoms. The van der Waals surface area contributed by atoms with E-state index in [1.54, 1.807) is 0 Å². The van der Waals surface area contributed by atoms with Gasteiger partial charge >= 0.3 is 0 Å². The predicted octanol–water partition coefficient (Wildman–Crippen LogP) is 3.91. The molecular formula is C22H23NO2. The second kappa shape index (κ2) is 6.83. The van der Waals surface area contributed by atoms with Crippen LogP contribution in [0.25, 0.3) is 0 Å². The highest BCUT2D eigenvalue weighted by Gasteiger charge is 2.29. The number of piperidine rings is 1. The van der Waals surface area contributed by atoms with E-state index in [1.165, 1.54) is 17.5 Å². The number of hydrogen-bond acceptors (Lipinski definition) is 2. The van der Waals surface area contributed by atoms with Crippen LogP contribution in [0.3, 0.4) is 0 Å². The molecule has 1 heterocycles. The summed E-state index contributed by atoms with van der Waals surface area (Å²) < 4.78 is 0. The molecule has 0 radical (unpaired) electrons. The molecule has 1 aliphatic heterocycles. The molecule has 2 aromatic carbocycles. The molecule has 4 rings (SSSR count). The van der Waals surface area contributed by atoms with Crippen LogP contribution in [0.2, 0.25) is 0 Å². The maximum atomic E-state index is 12.9. The summed E-state index contributed by atoms with van der Waals surface area (Å²) in [6, 6.07) is 15.6. The number of Topliss-reactive ketones (excluding diaryl/α,β-unsaturated/α-hetero) is 1. The summed E-state index contributed by atoms with van der Waals surface area (Å²) in [7, 11) is 0. The fraction of sp³-hybridized carbons (Fsp3) is 0.364. The summed E-state index contributed by atoms with van der Waals surface area (Å²) in [6.07, 6.45) is 5.14. The van der Waals surface area contributed by atoms with E-state index in [2.05, 4.69) is 12.1 Å².